The van der Waals surface area contributed by atoms with Gasteiger partial charge in [-0.25, -0.2) is 4.98 Å². The third-order valence-corrected chi connectivity index (χ3v) is 4.36. The lowest BCUT2D eigenvalue weighted by atomic mass is 10.0. The van der Waals surface area contributed by atoms with Gasteiger partial charge in [-0.2, -0.15) is 0 Å². The molecule has 1 heterocycles. The van der Waals surface area contributed by atoms with Gasteiger partial charge in [-0.15, -0.1) is 0 Å². The normalized spacial score (nSPS) is 10.6. The van der Waals surface area contributed by atoms with Gasteiger partial charge in [0.25, 0.3) is 11.6 Å². The molecule has 1 aromatic heterocycles. The van der Waals surface area contributed by atoms with Crippen LogP contribution in [-0.2, 0) is 0 Å². The Balaban J connectivity index is 1.61. The first kappa shape index (κ1) is 18.1. The minimum atomic E-state index is -0.656. The Morgan fingerprint density at radius 3 is 2.41 bits per heavy atom. The van der Waals surface area contributed by atoms with Crippen LogP contribution < -0.4 is 5.32 Å². The predicted molar refractivity (Wildman–Crippen MR) is 107 cm³/mol. The van der Waals surface area contributed by atoms with E-state index in [9.17, 15) is 19.7 Å². The number of amides is 1. The van der Waals surface area contributed by atoms with Crippen molar-refractivity contribution in [1.29, 1.82) is 0 Å². The Labute approximate surface area is 164 Å². The van der Waals surface area contributed by atoms with Crippen molar-refractivity contribution in [3.8, 4) is 0 Å². The van der Waals surface area contributed by atoms with Gasteiger partial charge in [-0.1, -0.05) is 42.5 Å². The predicted octanol–water partition coefficient (Wildman–Crippen LogP) is 3.95. The molecule has 0 unspecified atom stereocenters. The number of aromatic nitrogens is 2. The van der Waals surface area contributed by atoms with Gasteiger partial charge in [-0.3, -0.25) is 25.0 Å². The fourth-order valence-electron chi connectivity index (χ4n) is 2.97. The summed E-state index contributed by atoms with van der Waals surface area (Å²) in [7, 11) is 0. The number of nitrogens with zero attached hydrogens (tertiary/aromatic N) is 2. The highest BCUT2D eigenvalue weighted by Gasteiger charge is 2.20. The number of anilines is 1. The molecule has 8 heteroatoms. The fraction of sp³-hybridized carbons (Fsp3) is 0. The molecular weight excluding hydrogens is 372 g/mol. The molecule has 0 radical (unpaired) electrons. The molecule has 4 rings (SSSR count). The Morgan fingerprint density at radius 2 is 1.66 bits per heavy atom. The van der Waals surface area contributed by atoms with Crippen molar-refractivity contribution in [2.45, 2.75) is 0 Å². The van der Waals surface area contributed by atoms with Gasteiger partial charge in [0.2, 0.25) is 5.95 Å². The maximum Gasteiger partial charge on any atom is 0.282 e. The number of benzene rings is 3. The standard InChI is InChI=1S/C21H14N4O4/c26-19(13-6-2-1-3-7-13)14-10-11-16-17(12-14)23-21(22-16)24-20(27)15-8-4-5-9-18(15)25(28)29/h1-12H,(H2,22,23,24,27). The van der Waals surface area contributed by atoms with Crippen LogP contribution in [0.25, 0.3) is 11.0 Å². The number of H-pyrrole nitrogens is 1. The molecule has 8 nitrogen and oxygen atoms in total. The van der Waals surface area contributed by atoms with Crippen molar-refractivity contribution >= 4 is 34.4 Å². The smallest absolute Gasteiger partial charge is 0.282 e. The van der Waals surface area contributed by atoms with E-state index in [0.29, 0.717) is 22.2 Å². The molecule has 0 aliphatic rings. The Kier molecular flexibility index (Phi) is 4.58. The molecule has 0 fully saturated rings. The van der Waals surface area contributed by atoms with Crippen LogP contribution in [0.3, 0.4) is 0 Å². The number of nitrogens with one attached hydrogen (secondary N) is 2. The van der Waals surface area contributed by atoms with Gasteiger partial charge in [0.15, 0.2) is 5.78 Å². The third-order valence-electron chi connectivity index (χ3n) is 4.36. The highest BCUT2D eigenvalue weighted by atomic mass is 16.6. The number of aromatic amines is 1. The highest BCUT2D eigenvalue weighted by Crippen LogP contribution is 2.21. The zero-order chi connectivity index (χ0) is 20.4. The monoisotopic (exact) mass is 386 g/mol. The average molecular weight is 386 g/mol. The molecule has 142 valence electrons. The topological polar surface area (TPSA) is 118 Å². The molecule has 2 N–H and O–H groups in total. The van der Waals surface area contributed by atoms with Crippen LogP contribution in [0.2, 0.25) is 0 Å². The minimum absolute atomic E-state index is 0.0714. The largest absolute Gasteiger partial charge is 0.324 e. The first-order valence-electron chi connectivity index (χ1n) is 8.67. The number of hydrogen-bond donors (Lipinski definition) is 2. The first-order chi connectivity index (χ1) is 14.0. The SMILES string of the molecule is O=C(c1ccccc1)c1ccc2nc(NC(=O)c3ccccc3[N+](=O)[O-])[nH]c2c1. The molecular formula is C21H14N4O4. The molecule has 1 amide bonds. The molecule has 0 spiro atoms. The van der Waals surface area contributed by atoms with Crippen LogP contribution >= 0.6 is 0 Å². The summed E-state index contributed by atoms with van der Waals surface area (Å²) in [4.78, 5) is 42.7. The highest BCUT2D eigenvalue weighted by molar-refractivity contribution is 6.10. The second kappa shape index (κ2) is 7.35. The second-order valence-electron chi connectivity index (χ2n) is 6.24. The van der Waals surface area contributed by atoms with E-state index in [2.05, 4.69) is 15.3 Å². The van der Waals surface area contributed by atoms with Gasteiger partial charge in [-0.05, 0) is 24.3 Å². The van der Waals surface area contributed by atoms with E-state index < -0.39 is 10.8 Å². The summed E-state index contributed by atoms with van der Waals surface area (Å²) in [5.74, 6) is -0.656. The molecule has 4 aromatic rings. The summed E-state index contributed by atoms with van der Waals surface area (Å²) < 4.78 is 0. The number of ketones is 1. The van der Waals surface area contributed by atoms with Crippen molar-refractivity contribution < 1.29 is 14.5 Å². The van der Waals surface area contributed by atoms with Gasteiger partial charge in [0.05, 0.1) is 16.0 Å². The number of fused-ring (bicyclic) bond motifs is 1. The van der Waals surface area contributed by atoms with Crippen molar-refractivity contribution in [3.63, 3.8) is 0 Å². The number of hydrogen-bond acceptors (Lipinski definition) is 5. The maximum absolute atomic E-state index is 12.6. The molecule has 0 atom stereocenters. The summed E-state index contributed by atoms with van der Waals surface area (Å²) in [6.07, 6.45) is 0. The third kappa shape index (κ3) is 3.59. The second-order valence-corrected chi connectivity index (χ2v) is 6.24. The van der Waals surface area contributed by atoms with Crippen molar-refractivity contribution in [2.75, 3.05) is 5.32 Å². The fourth-order valence-corrected chi connectivity index (χ4v) is 2.97. The van der Waals surface area contributed by atoms with Crippen LogP contribution in [0.5, 0.6) is 0 Å². The zero-order valence-electron chi connectivity index (χ0n) is 15.0. The van der Waals surface area contributed by atoms with E-state index in [0.717, 1.165) is 0 Å². The van der Waals surface area contributed by atoms with Crippen LogP contribution in [0.4, 0.5) is 11.6 Å². The van der Waals surface area contributed by atoms with Gasteiger partial charge >= 0.3 is 0 Å². The Hall–Kier alpha value is -4.33. The van der Waals surface area contributed by atoms with E-state index in [1.807, 2.05) is 6.07 Å². The van der Waals surface area contributed by atoms with E-state index >= 15 is 0 Å². The van der Waals surface area contributed by atoms with Crippen LogP contribution in [0.1, 0.15) is 26.3 Å². The number of rotatable bonds is 5. The minimum Gasteiger partial charge on any atom is -0.324 e. The maximum atomic E-state index is 12.6. The first-order valence-corrected chi connectivity index (χ1v) is 8.67. The lowest BCUT2D eigenvalue weighted by molar-refractivity contribution is -0.385. The molecule has 0 bridgehead atoms. The number of carbonyl (C=O) groups is 2. The lowest BCUT2D eigenvalue weighted by Crippen LogP contribution is -2.14. The zero-order valence-corrected chi connectivity index (χ0v) is 15.0. The van der Waals surface area contributed by atoms with Crippen LogP contribution in [0, 0.1) is 10.1 Å². The Bertz CT molecular complexity index is 1250. The Morgan fingerprint density at radius 1 is 0.931 bits per heavy atom. The van der Waals surface area contributed by atoms with E-state index in [-0.39, 0.29) is 23.0 Å². The molecule has 29 heavy (non-hydrogen) atoms. The quantitative estimate of drug-likeness (QED) is 0.306. The van der Waals surface area contributed by atoms with E-state index in [1.165, 1.54) is 18.2 Å². The summed E-state index contributed by atoms with van der Waals surface area (Å²) in [5.41, 5.74) is 1.78. The molecule has 0 aliphatic carbocycles. The van der Waals surface area contributed by atoms with E-state index in [1.54, 1.807) is 48.5 Å². The van der Waals surface area contributed by atoms with Crippen molar-refractivity contribution in [1.82, 2.24) is 9.97 Å². The number of carbonyl (C=O) groups excluding carboxylic acids is 2. The number of imidazole rings is 1. The average Bonchev–Trinajstić information content (AvgIpc) is 3.15. The van der Waals surface area contributed by atoms with Gasteiger partial charge in [0.1, 0.15) is 5.56 Å². The van der Waals surface area contributed by atoms with E-state index in [4.69, 9.17) is 0 Å². The molecule has 0 aliphatic heterocycles. The van der Waals surface area contributed by atoms with Gasteiger partial charge in [0, 0.05) is 17.2 Å². The summed E-state index contributed by atoms with van der Waals surface area (Å²) in [6.45, 7) is 0. The van der Waals surface area contributed by atoms with Crippen molar-refractivity contribution in [3.05, 3.63) is 99.6 Å². The van der Waals surface area contributed by atoms with Crippen molar-refractivity contribution in [2.24, 2.45) is 0 Å². The summed E-state index contributed by atoms with van der Waals surface area (Å²) >= 11 is 0. The molecule has 3 aromatic carbocycles. The number of nitro groups is 1. The van der Waals surface area contributed by atoms with Gasteiger partial charge < -0.3 is 4.98 Å². The lowest BCUT2D eigenvalue weighted by Gasteiger charge is -2.02. The number of para-hydroxylation sites is 1. The number of nitro benzene ring substituents is 1. The molecule has 0 saturated carbocycles. The summed E-state index contributed by atoms with van der Waals surface area (Å²) in [6, 6.07) is 19.5. The van der Waals surface area contributed by atoms with Crippen LogP contribution in [0.15, 0.2) is 72.8 Å². The van der Waals surface area contributed by atoms with Crippen LogP contribution in [-0.4, -0.2) is 26.6 Å². The summed E-state index contributed by atoms with van der Waals surface area (Å²) in [5, 5.41) is 13.6. The molecule has 0 saturated heterocycles.